The molecule has 0 spiro atoms. The second-order valence-corrected chi connectivity index (χ2v) is 7.69. The standard InChI is InChI=1S/C22H22FN7O3/c1-13-11-30(8-9-32-13)15-4-2-14(3-5-15)25-22-24-10-16(23)20(29-22)26-18-7-6-17-21(27-18)28-19(31)12-33-17/h2-7,10,13H,8-9,11-12H2,1H3,(H3,24,25,26,27,28,29,31)/t13-/m1/s1. The molecule has 0 unspecified atom stereocenters. The number of ether oxygens (including phenoxy) is 2. The molecule has 0 aliphatic carbocycles. The minimum atomic E-state index is -0.642. The van der Waals surface area contributed by atoms with Gasteiger partial charge in [0.25, 0.3) is 5.91 Å². The molecule has 3 N–H and O–H groups in total. The lowest BCUT2D eigenvalue weighted by molar-refractivity contribution is -0.118. The number of nitrogens with one attached hydrogen (secondary N) is 3. The summed E-state index contributed by atoms with van der Waals surface area (Å²) < 4.78 is 25.2. The van der Waals surface area contributed by atoms with Crippen molar-refractivity contribution >= 4 is 40.7 Å². The largest absolute Gasteiger partial charge is 0.480 e. The second-order valence-electron chi connectivity index (χ2n) is 7.69. The molecule has 33 heavy (non-hydrogen) atoms. The number of fused-ring (bicyclic) bond motifs is 1. The monoisotopic (exact) mass is 451 g/mol. The molecule has 2 aliphatic heterocycles. The first-order valence-electron chi connectivity index (χ1n) is 10.5. The van der Waals surface area contributed by atoms with E-state index in [9.17, 15) is 9.18 Å². The number of nitrogens with zero attached hydrogens (tertiary/aromatic N) is 4. The average Bonchev–Trinajstić information content (AvgIpc) is 2.81. The third-order valence-corrected chi connectivity index (χ3v) is 5.20. The Morgan fingerprint density at radius 3 is 2.82 bits per heavy atom. The molecule has 2 aromatic heterocycles. The third kappa shape index (κ3) is 4.77. The van der Waals surface area contributed by atoms with Gasteiger partial charge >= 0.3 is 0 Å². The Balaban J connectivity index is 1.29. The summed E-state index contributed by atoms with van der Waals surface area (Å²) >= 11 is 0. The molecule has 170 valence electrons. The van der Waals surface area contributed by atoms with E-state index in [0.29, 0.717) is 18.2 Å². The minimum absolute atomic E-state index is 0.0538. The molecular weight excluding hydrogens is 429 g/mol. The van der Waals surface area contributed by atoms with Crippen LogP contribution in [0.5, 0.6) is 5.75 Å². The van der Waals surface area contributed by atoms with Gasteiger partial charge in [-0.05, 0) is 43.3 Å². The van der Waals surface area contributed by atoms with E-state index in [1.165, 1.54) is 0 Å². The van der Waals surface area contributed by atoms with Gasteiger partial charge in [-0.3, -0.25) is 4.79 Å². The molecule has 5 rings (SSSR count). The van der Waals surface area contributed by atoms with Gasteiger partial charge in [0.05, 0.1) is 18.9 Å². The Morgan fingerprint density at radius 2 is 2.00 bits per heavy atom. The van der Waals surface area contributed by atoms with Crippen molar-refractivity contribution in [2.45, 2.75) is 13.0 Å². The Labute approximate surface area is 189 Å². The zero-order valence-corrected chi connectivity index (χ0v) is 17.8. The van der Waals surface area contributed by atoms with Crippen LogP contribution in [0, 0.1) is 5.82 Å². The Bertz CT molecular complexity index is 1180. The quantitative estimate of drug-likeness (QED) is 0.539. The molecule has 0 saturated carbocycles. The number of rotatable bonds is 5. The molecule has 1 atom stereocenters. The van der Waals surface area contributed by atoms with Gasteiger partial charge in [0.2, 0.25) is 5.95 Å². The number of morpholine rings is 1. The van der Waals surface area contributed by atoms with Gasteiger partial charge in [0.15, 0.2) is 29.8 Å². The van der Waals surface area contributed by atoms with E-state index < -0.39 is 5.82 Å². The molecule has 11 heteroatoms. The van der Waals surface area contributed by atoms with E-state index in [1.54, 1.807) is 12.1 Å². The van der Waals surface area contributed by atoms with Crippen molar-refractivity contribution in [3.63, 3.8) is 0 Å². The number of pyridine rings is 1. The zero-order valence-electron chi connectivity index (χ0n) is 17.8. The van der Waals surface area contributed by atoms with Gasteiger partial charge in [0, 0.05) is 24.5 Å². The predicted molar refractivity (Wildman–Crippen MR) is 121 cm³/mol. The van der Waals surface area contributed by atoms with Crippen molar-refractivity contribution in [3.8, 4) is 5.75 Å². The van der Waals surface area contributed by atoms with Crippen molar-refractivity contribution in [2.75, 3.05) is 47.2 Å². The van der Waals surface area contributed by atoms with Gasteiger partial charge in [-0.15, -0.1) is 0 Å². The van der Waals surface area contributed by atoms with Crippen LogP contribution in [0.4, 0.5) is 39.2 Å². The highest BCUT2D eigenvalue weighted by atomic mass is 19.1. The van der Waals surface area contributed by atoms with Crippen LogP contribution in [-0.4, -0.2) is 53.3 Å². The van der Waals surface area contributed by atoms with Crippen LogP contribution in [0.2, 0.25) is 0 Å². The Hall–Kier alpha value is -3.99. The lowest BCUT2D eigenvalue weighted by Gasteiger charge is -2.33. The van der Waals surface area contributed by atoms with Crippen LogP contribution in [-0.2, 0) is 9.53 Å². The summed E-state index contributed by atoms with van der Waals surface area (Å²) in [5, 5.41) is 8.51. The Morgan fingerprint density at radius 1 is 1.15 bits per heavy atom. The fourth-order valence-electron chi connectivity index (χ4n) is 3.61. The molecule has 1 amide bonds. The highest BCUT2D eigenvalue weighted by Gasteiger charge is 2.19. The summed E-state index contributed by atoms with van der Waals surface area (Å²) in [6, 6.07) is 11.1. The number of anilines is 6. The number of hydrogen-bond donors (Lipinski definition) is 3. The first-order chi connectivity index (χ1) is 16.0. The van der Waals surface area contributed by atoms with Crippen molar-refractivity contribution in [1.82, 2.24) is 15.0 Å². The van der Waals surface area contributed by atoms with Crippen LogP contribution in [0.15, 0.2) is 42.6 Å². The summed E-state index contributed by atoms with van der Waals surface area (Å²) in [6.45, 7) is 4.39. The zero-order chi connectivity index (χ0) is 22.8. The average molecular weight is 451 g/mol. The van der Waals surface area contributed by atoms with Crippen LogP contribution in [0.25, 0.3) is 0 Å². The minimum Gasteiger partial charge on any atom is -0.480 e. The molecule has 1 fully saturated rings. The molecule has 10 nitrogen and oxygen atoms in total. The predicted octanol–water partition coefficient (Wildman–Crippen LogP) is 3.05. The lowest BCUT2D eigenvalue weighted by Crippen LogP contribution is -2.41. The molecule has 0 radical (unpaired) electrons. The fourth-order valence-corrected chi connectivity index (χ4v) is 3.61. The summed E-state index contributed by atoms with van der Waals surface area (Å²) in [4.78, 5) is 26.2. The van der Waals surface area contributed by atoms with Crippen molar-refractivity contribution in [2.24, 2.45) is 0 Å². The number of carbonyl (C=O) groups excluding carboxylic acids is 1. The van der Waals surface area contributed by atoms with E-state index in [-0.39, 0.29) is 36.2 Å². The number of amides is 1. The number of aromatic nitrogens is 3. The van der Waals surface area contributed by atoms with Gasteiger partial charge < -0.3 is 30.3 Å². The maximum Gasteiger partial charge on any atom is 0.263 e. The van der Waals surface area contributed by atoms with Crippen LogP contribution in [0.1, 0.15) is 6.92 Å². The summed E-state index contributed by atoms with van der Waals surface area (Å²) in [5.41, 5.74) is 1.87. The molecule has 4 heterocycles. The van der Waals surface area contributed by atoms with E-state index in [0.717, 1.165) is 30.7 Å². The molecule has 1 aromatic carbocycles. The Kier molecular flexibility index (Phi) is 5.61. The van der Waals surface area contributed by atoms with Crippen molar-refractivity contribution in [3.05, 3.63) is 48.4 Å². The fraction of sp³-hybridized carbons (Fsp3) is 0.273. The number of hydrogen-bond acceptors (Lipinski definition) is 9. The SMILES string of the molecule is C[C@@H]1CN(c2ccc(Nc3ncc(F)c(Nc4ccc5c(n4)NC(=O)CO5)n3)cc2)CCO1. The van der Waals surface area contributed by atoms with Crippen LogP contribution in [0.3, 0.4) is 0 Å². The second kappa shape index (κ2) is 8.87. The molecular formula is C22H22FN7O3. The maximum absolute atomic E-state index is 14.3. The summed E-state index contributed by atoms with van der Waals surface area (Å²) in [6.07, 6.45) is 1.27. The molecule has 1 saturated heterocycles. The van der Waals surface area contributed by atoms with E-state index >= 15 is 0 Å². The van der Waals surface area contributed by atoms with E-state index in [1.807, 2.05) is 24.3 Å². The molecule has 0 bridgehead atoms. The third-order valence-electron chi connectivity index (χ3n) is 5.20. The lowest BCUT2D eigenvalue weighted by atomic mass is 10.2. The van der Waals surface area contributed by atoms with Gasteiger partial charge in [-0.2, -0.15) is 4.98 Å². The van der Waals surface area contributed by atoms with Gasteiger partial charge in [-0.25, -0.2) is 14.4 Å². The van der Waals surface area contributed by atoms with Crippen molar-refractivity contribution in [1.29, 1.82) is 0 Å². The van der Waals surface area contributed by atoms with E-state index in [2.05, 4.69) is 42.7 Å². The van der Waals surface area contributed by atoms with Gasteiger partial charge in [-0.1, -0.05) is 0 Å². The van der Waals surface area contributed by atoms with Crippen LogP contribution < -0.4 is 25.6 Å². The maximum atomic E-state index is 14.3. The molecule has 3 aromatic rings. The highest BCUT2D eigenvalue weighted by Crippen LogP contribution is 2.29. The topological polar surface area (TPSA) is 114 Å². The number of halogens is 1. The normalized spacial score (nSPS) is 17.6. The molecule has 2 aliphatic rings. The number of benzene rings is 1. The highest BCUT2D eigenvalue weighted by molar-refractivity contribution is 5.94. The number of carbonyl (C=O) groups is 1. The van der Waals surface area contributed by atoms with Gasteiger partial charge in [0.1, 0.15) is 5.82 Å². The summed E-state index contributed by atoms with van der Waals surface area (Å²) in [5.74, 6) is 0.230. The van der Waals surface area contributed by atoms with E-state index in [4.69, 9.17) is 9.47 Å². The first kappa shape index (κ1) is 20.9. The smallest absolute Gasteiger partial charge is 0.263 e. The summed E-state index contributed by atoms with van der Waals surface area (Å²) in [7, 11) is 0. The first-order valence-corrected chi connectivity index (χ1v) is 10.5. The van der Waals surface area contributed by atoms with Crippen molar-refractivity contribution < 1.29 is 18.7 Å². The van der Waals surface area contributed by atoms with Crippen LogP contribution >= 0.6 is 0 Å².